The lowest BCUT2D eigenvalue weighted by Crippen LogP contribution is -2.43. The van der Waals surface area contributed by atoms with Gasteiger partial charge in [0.25, 0.3) is 0 Å². The second-order valence-electron chi connectivity index (χ2n) is 3.72. The molecule has 1 fully saturated rings. The van der Waals surface area contributed by atoms with E-state index in [1.165, 1.54) is 0 Å². The summed E-state index contributed by atoms with van der Waals surface area (Å²) >= 11 is 0. The molecule has 2 heterocycles. The first-order valence-corrected chi connectivity index (χ1v) is 4.93. The smallest absolute Gasteiger partial charge is 0.135 e. The molecule has 1 aromatic heterocycles. The summed E-state index contributed by atoms with van der Waals surface area (Å²) < 4.78 is 2.21. The predicted octanol–water partition coefficient (Wildman–Crippen LogP) is 0.936. The molecule has 72 valence electrons. The Bertz CT molecular complexity index is 258. The summed E-state index contributed by atoms with van der Waals surface area (Å²) in [5.41, 5.74) is 0. The minimum absolute atomic E-state index is 0.517. The van der Waals surface area contributed by atoms with Gasteiger partial charge in [-0.2, -0.15) is 0 Å². The molecule has 0 spiro atoms. The molecule has 1 unspecified atom stereocenters. The first kappa shape index (κ1) is 8.69. The van der Waals surface area contributed by atoms with Crippen molar-refractivity contribution in [3.63, 3.8) is 0 Å². The second kappa shape index (κ2) is 3.46. The van der Waals surface area contributed by atoms with Crippen LogP contribution >= 0.6 is 0 Å². The van der Waals surface area contributed by atoms with E-state index in [0.717, 1.165) is 25.3 Å². The molecule has 4 heteroatoms. The van der Waals surface area contributed by atoms with Crippen LogP contribution in [0.1, 0.15) is 38.1 Å². The van der Waals surface area contributed by atoms with Crippen LogP contribution in [0.3, 0.4) is 0 Å². The van der Waals surface area contributed by atoms with Gasteiger partial charge in [-0.3, -0.25) is 0 Å². The maximum atomic E-state index is 4.18. The number of hydrogen-bond donors (Lipinski definition) is 1. The lowest BCUT2D eigenvalue weighted by molar-refractivity contribution is 0.330. The lowest BCUT2D eigenvalue weighted by Gasteiger charge is -2.29. The third-order valence-corrected chi connectivity index (χ3v) is 2.81. The Labute approximate surface area is 78.4 Å². The van der Waals surface area contributed by atoms with Crippen molar-refractivity contribution >= 4 is 0 Å². The molecule has 1 N–H and O–H groups in total. The first-order chi connectivity index (χ1) is 6.33. The molecule has 2 rings (SSSR count). The molecule has 0 amide bonds. The third kappa shape index (κ3) is 1.46. The zero-order valence-corrected chi connectivity index (χ0v) is 8.20. The summed E-state index contributed by atoms with van der Waals surface area (Å²) in [6, 6.07) is 0.582. The molecule has 1 aliphatic rings. The summed E-state index contributed by atoms with van der Waals surface area (Å²) in [4.78, 5) is 0. The quantitative estimate of drug-likeness (QED) is 0.752. The Kier molecular flexibility index (Phi) is 2.31. The van der Waals surface area contributed by atoms with E-state index in [4.69, 9.17) is 0 Å². The number of rotatable bonds is 3. The van der Waals surface area contributed by atoms with Crippen LogP contribution in [0.4, 0.5) is 0 Å². The highest BCUT2D eigenvalue weighted by Gasteiger charge is 2.23. The fourth-order valence-corrected chi connectivity index (χ4v) is 1.54. The highest BCUT2D eigenvalue weighted by atomic mass is 15.3. The Morgan fingerprint density at radius 1 is 1.69 bits per heavy atom. The van der Waals surface area contributed by atoms with Crippen LogP contribution in [0.25, 0.3) is 0 Å². The van der Waals surface area contributed by atoms with Gasteiger partial charge in [-0.1, -0.05) is 13.8 Å². The fourth-order valence-electron chi connectivity index (χ4n) is 1.54. The van der Waals surface area contributed by atoms with Gasteiger partial charge in [0.2, 0.25) is 0 Å². The molecule has 0 bridgehead atoms. The molecule has 4 nitrogen and oxygen atoms in total. The first-order valence-electron chi connectivity index (χ1n) is 4.93. The van der Waals surface area contributed by atoms with Gasteiger partial charge in [0.15, 0.2) is 0 Å². The van der Waals surface area contributed by atoms with E-state index >= 15 is 0 Å². The van der Waals surface area contributed by atoms with Crippen LogP contribution in [-0.2, 0) is 0 Å². The zero-order valence-electron chi connectivity index (χ0n) is 8.20. The van der Waals surface area contributed by atoms with E-state index in [9.17, 15) is 0 Å². The van der Waals surface area contributed by atoms with E-state index in [0.29, 0.717) is 12.0 Å². The second-order valence-corrected chi connectivity index (χ2v) is 3.72. The molecule has 1 saturated heterocycles. The van der Waals surface area contributed by atoms with E-state index in [2.05, 4.69) is 33.9 Å². The van der Waals surface area contributed by atoms with Crippen molar-refractivity contribution in [3.8, 4) is 0 Å². The van der Waals surface area contributed by atoms with Crippen LogP contribution in [0, 0.1) is 0 Å². The molecule has 0 aliphatic carbocycles. The Morgan fingerprint density at radius 2 is 2.46 bits per heavy atom. The summed E-state index contributed by atoms with van der Waals surface area (Å²) in [5, 5.41) is 11.4. The zero-order chi connectivity index (χ0) is 9.26. The highest BCUT2D eigenvalue weighted by molar-refractivity contribution is 4.99. The predicted molar refractivity (Wildman–Crippen MR) is 50.6 cm³/mol. The van der Waals surface area contributed by atoms with Crippen molar-refractivity contribution in [2.24, 2.45) is 0 Å². The van der Waals surface area contributed by atoms with Gasteiger partial charge in [-0.25, -0.2) is 0 Å². The van der Waals surface area contributed by atoms with Crippen molar-refractivity contribution < 1.29 is 0 Å². The number of nitrogens with zero attached hydrogens (tertiary/aromatic N) is 3. The number of hydrogen-bond acceptors (Lipinski definition) is 3. The van der Waals surface area contributed by atoms with E-state index < -0.39 is 0 Å². The van der Waals surface area contributed by atoms with E-state index in [1.807, 2.05) is 6.33 Å². The number of aromatic nitrogens is 3. The summed E-state index contributed by atoms with van der Waals surface area (Å²) in [5.74, 6) is 1.65. The van der Waals surface area contributed by atoms with Gasteiger partial charge < -0.3 is 9.88 Å². The highest BCUT2D eigenvalue weighted by Crippen LogP contribution is 2.21. The molecular formula is C9H16N4. The number of nitrogens with one attached hydrogen (secondary N) is 1. The monoisotopic (exact) mass is 180 g/mol. The van der Waals surface area contributed by atoms with Gasteiger partial charge in [-0.15, -0.1) is 10.2 Å². The van der Waals surface area contributed by atoms with Crippen molar-refractivity contribution in [2.45, 2.75) is 32.2 Å². The summed E-state index contributed by atoms with van der Waals surface area (Å²) in [6.07, 6.45) is 2.98. The molecule has 1 atom stereocenters. The van der Waals surface area contributed by atoms with E-state index in [1.54, 1.807) is 0 Å². The standard InChI is InChI=1S/C9H16N4/c1-3-7(2)9-12-11-6-13(9)8-4-10-5-8/h6-8,10H,3-5H2,1-2H3. The SMILES string of the molecule is CCC(C)c1nncn1C1CNC1. The van der Waals surface area contributed by atoms with Crippen molar-refractivity contribution in [3.05, 3.63) is 12.2 Å². The van der Waals surface area contributed by atoms with Crippen LogP contribution in [0.15, 0.2) is 6.33 Å². The van der Waals surface area contributed by atoms with Gasteiger partial charge in [0.05, 0.1) is 6.04 Å². The van der Waals surface area contributed by atoms with Crippen molar-refractivity contribution in [1.29, 1.82) is 0 Å². The third-order valence-electron chi connectivity index (χ3n) is 2.81. The minimum Gasteiger partial charge on any atom is -0.313 e. The molecule has 1 aromatic rings. The molecule has 13 heavy (non-hydrogen) atoms. The minimum atomic E-state index is 0.517. The molecule has 1 aliphatic heterocycles. The van der Waals surface area contributed by atoms with Gasteiger partial charge in [0.1, 0.15) is 12.2 Å². The Hall–Kier alpha value is -0.900. The van der Waals surface area contributed by atoms with Crippen LogP contribution < -0.4 is 5.32 Å². The van der Waals surface area contributed by atoms with Crippen LogP contribution in [-0.4, -0.2) is 27.9 Å². The fraction of sp³-hybridized carbons (Fsp3) is 0.778. The van der Waals surface area contributed by atoms with E-state index in [-0.39, 0.29) is 0 Å². The van der Waals surface area contributed by atoms with Gasteiger partial charge in [0, 0.05) is 19.0 Å². The van der Waals surface area contributed by atoms with Crippen LogP contribution in [0.2, 0.25) is 0 Å². The Morgan fingerprint density at radius 3 is 3.00 bits per heavy atom. The topological polar surface area (TPSA) is 42.7 Å². The summed E-state index contributed by atoms with van der Waals surface area (Å²) in [7, 11) is 0. The van der Waals surface area contributed by atoms with Gasteiger partial charge >= 0.3 is 0 Å². The molecule has 0 aromatic carbocycles. The lowest BCUT2D eigenvalue weighted by atomic mass is 10.1. The molecular weight excluding hydrogens is 164 g/mol. The normalized spacial score (nSPS) is 19.8. The average molecular weight is 180 g/mol. The van der Waals surface area contributed by atoms with Crippen molar-refractivity contribution in [2.75, 3.05) is 13.1 Å². The molecule has 0 radical (unpaired) electrons. The van der Waals surface area contributed by atoms with Crippen molar-refractivity contribution in [1.82, 2.24) is 20.1 Å². The maximum Gasteiger partial charge on any atom is 0.135 e. The Balaban J connectivity index is 2.19. The summed E-state index contributed by atoms with van der Waals surface area (Å²) in [6.45, 7) is 6.50. The molecule has 0 saturated carbocycles. The average Bonchev–Trinajstić information content (AvgIpc) is 2.49. The van der Waals surface area contributed by atoms with Gasteiger partial charge in [-0.05, 0) is 6.42 Å². The van der Waals surface area contributed by atoms with Crippen LogP contribution in [0.5, 0.6) is 0 Å². The maximum absolute atomic E-state index is 4.18. The largest absolute Gasteiger partial charge is 0.313 e.